The van der Waals surface area contributed by atoms with Crippen LogP contribution in [0.3, 0.4) is 0 Å². The summed E-state index contributed by atoms with van der Waals surface area (Å²) in [6.07, 6.45) is 4.66. The first-order valence-corrected chi connectivity index (χ1v) is 6.99. The average molecular weight is 276 g/mol. The van der Waals surface area contributed by atoms with Crippen LogP contribution in [-0.2, 0) is 9.53 Å². The van der Waals surface area contributed by atoms with Gasteiger partial charge in [-0.1, -0.05) is 0 Å². The summed E-state index contributed by atoms with van der Waals surface area (Å²) < 4.78 is 5.03. The van der Waals surface area contributed by atoms with Gasteiger partial charge < -0.3 is 9.64 Å². The first-order chi connectivity index (χ1) is 9.61. The summed E-state index contributed by atoms with van der Waals surface area (Å²) in [7, 11) is 0. The van der Waals surface area contributed by atoms with Crippen LogP contribution in [0, 0.1) is 12.8 Å². The predicted octanol–water partition coefficient (Wildman–Crippen LogP) is 1.81. The molecule has 0 atom stereocenters. The molecule has 1 aliphatic rings. The zero-order chi connectivity index (χ0) is 14.5. The van der Waals surface area contributed by atoms with Crippen LogP contribution in [0.5, 0.6) is 0 Å². The molecule has 1 amide bonds. The first-order valence-electron chi connectivity index (χ1n) is 6.99. The Morgan fingerprint density at radius 2 is 2.05 bits per heavy atom. The van der Waals surface area contributed by atoms with E-state index in [9.17, 15) is 9.59 Å². The van der Waals surface area contributed by atoms with Gasteiger partial charge in [-0.15, -0.1) is 0 Å². The number of carbonyl (C=O) groups excluding carboxylic acids is 2. The summed E-state index contributed by atoms with van der Waals surface area (Å²) in [4.78, 5) is 29.8. The van der Waals surface area contributed by atoms with Crippen molar-refractivity contribution in [3.8, 4) is 0 Å². The lowest BCUT2D eigenvalue weighted by molar-refractivity contribution is -0.149. The summed E-state index contributed by atoms with van der Waals surface area (Å²) in [6.45, 7) is 5.32. The third-order valence-electron chi connectivity index (χ3n) is 3.52. The van der Waals surface area contributed by atoms with E-state index in [1.165, 1.54) is 0 Å². The van der Waals surface area contributed by atoms with Crippen LogP contribution in [0.1, 0.15) is 35.7 Å². The summed E-state index contributed by atoms with van der Waals surface area (Å²) >= 11 is 0. The molecule has 1 aliphatic heterocycles. The van der Waals surface area contributed by atoms with Gasteiger partial charge in [0.25, 0.3) is 5.91 Å². The summed E-state index contributed by atoms with van der Waals surface area (Å²) in [6, 6.07) is 1.84. The molecule has 2 rings (SSSR count). The fraction of sp³-hybridized carbons (Fsp3) is 0.533. The molecule has 2 heterocycles. The van der Waals surface area contributed by atoms with Gasteiger partial charge in [0, 0.05) is 25.5 Å². The van der Waals surface area contributed by atoms with E-state index in [4.69, 9.17) is 4.74 Å². The Labute approximate surface area is 118 Å². The highest BCUT2D eigenvalue weighted by molar-refractivity contribution is 5.94. The molecule has 0 aliphatic carbocycles. The fourth-order valence-electron chi connectivity index (χ4n) is 2.43. The molecular weight excluding hydrogens is 256 g/mol. The van der Waals surface area contributed by atoms with E-state index in [1.807, 2.05) is 13.0 Å². The van der Waals surface area contributed by atoms with Crippen LogP contribution in [0.25, 0.3) is 0 Å². The number of amides is 1. The minimum absolute atomic E-state index is 0.0106. The molecule has 0 spiro atoms. The SMILES string of the molecule is CCOC(=O)C1CCN(C(=O)c2cncc(C)c2)CC1. The maximum absolute atomic E-state index is 12.3. The van der Waals surface area contributed by atoms with Crippen molar-refractivity contribution >= 4 is 11.9 Å². The monoisotopic (exact) mass is 276 g/mol. The van der Waals surface area contributed by atoms with Crippen molar-refractivity contribution in [1.82, 2.24) is 9.88 Å². The largest absolute Gasteiger partial charge is 0.466 e. The number of nitrogens with zero attached hydrogens (tertiary/aromatic N) is 2. The molecule has 1 saturated heterocycles. The minimum atomic E-state index is -0.142. The summed E-state index contributed by atoms with van der Waals surface area (Å²) in [5.74, 6) is -0.227. The third kappa shape index (κ3) is 3.35. The van der Waals surface area contributed by atoms with Crippen LogP contribution in [-0.4, -0.2) is 41.5 Å². The highest BCUT2D eigenvalue weighted by Crippen LogP contribution is 2.20. The van der Waals surface area contributed by atoms with Crippen molar-refractivity contribution in [2.75, 3.05) is 19.7 Å². The Morgan fingerprint density at radius 1 is 1.35 bits per heavy atom. The molecule has 108 valence electrons. The lowest BCUT2D eigenvalue weighted by atomic mass is 9.96. The van der Waals surface area contributed by atoms with Crippen LogP contribution in [0.4, 0.5) is 0 Å². The van der Waals surface area contributed by atoms with E-state index in [-0.39, 0.29) is 17.8 Å². The first kappa shape index (κ1) is 14.5. The second kappa shape index (κ2) is 6.50. The number of aryl methyl sites for hydroxylation is 1. The Kier molecular flexibility index (Phi) is 4.71. The molecule has 20 heavy (non-hydrogen) atoms. The van der Waals surface area contributed by atoms with Gasteiger partial charge in [-0.25, -0.2) is 0 Å². The average Bonchev–Trinajstić information content (AvgIpc) is 2.47. The third-order valence-corrected chi connectivity index (χ3v) is 3.52. The number of hydrogen-bond acceptors (Lipinski definition) is 4. The molecule has 5 nitrogen and oxygen atoms in total. The molecule has 5 heteroatoms. The van der Waals surface area contributed by atoms with E-state index in [1.54, 1.807) is 24.2 Å². The standard InChI is InChI=1S/C15H20N2O3/c1-3-20-15(19)12-4-6-17(7-5-12)14(18)13-8-11(2)9-16-10-13/h8-10,12H,3-7H2,1-2H3. The van der Waals surface area contributed by atoms with Crippen LogP contribution < -0.4 is 0 Å². The quantitative estimate of drug-likeness (QED) is 0.790. The number of likely N-dealkylation sites (tertiary alicyclic amines) is 1. The van der Waals surface area contributed by atoms with Gasteiger partial charge in [-0.05, 0) is 38.3 Å². The smallest absolute Gasteiger partial charge is 0.309 e. The Morgan fingerprint density at radius 3 is 2.65 bits per heavy atom. The van der Waals surface area contributed by atoms with Crippen LogP contribution in [0.2, 0.25) is 0 Å². The molecule has 0 bridgehead atoms. The molecule has 1 fully saturated rings. The van der Waals surface area contributed by atoms with Crippen molar-refractivity contribution in [3.63, 3.8) is 0 Å². The van der Waals surface area contributed by atoms with Gasteiger partial charge in [0.05, 0.1) is 18.1 Å². The van der Waals surface area contributed by atoms with Gasteiger partial charge in [-0.2, -0.15) is 0 Å². The normalized spacial score (nSPS) is 16.0. The minimum Gasteiger partial charge on any atom is -0.466 e. The molecular formula is C15H20N2O3. The second-order valence-electron chi connectivity index (χ2n) is 5.07. The number of esters is 1. The summed E-state index contributed by atoms with van der Waals surface area (Å²) in [5, 5.41) is 0. The lowest BCUT2D eigenvalue weighted by Gasteiger charge is -2.30. The Balaban J connectivity index is 1.93. The van der Waals surface area contributed by atoms with Crippen molar-refractivity contribution in [3.05, 3.63) is 29.6 Å². The van der Waals surface area contributed by atoms with Gasteiger partial charge in [0.15, 0.2) is 0 Å². The van der Waals surface area contributed by atoms with E-state index >= 15 is 0 Å². The molecule has 0 aromatic carbocycles. The van der Waals surface area contributed by atoms with E-state index in [0.29, 0.717) is 38.1 Å². The van der Waals surface area contributed by atoms with E-state index in [0.717, 1.165) is 5.56 Å². The number of aromatic nitrogens is 1. The molecule has 0 radical (unpaired) electrons. The van der Waals surface area contributed by atoms with Crippen LogP contribution >= 0.6 is 0 Å². The second-order valence-corrected chi connectivity index (χ2v) is 5.07. The molecule has 0 N–H and O–H groups in total. The van der Waals surface area contributed by atoms with E-state index in [2.05, 4.69) is 4.98 Å². The maximum Gasteiger partial charge on any atom is 0.309 e. The maximum atomic E-state index is 12.3. The predicted molar refractivity (Wildman–Crippen MR) is 74.2 cm³/mol. The van der Waals surface area contributed by atoms with Gasteiger partial charge in [0.1, 0.15) is 0 Å². The van der Waals surface area contributed by atoms with Crippen molar-refractivity contribution in [2.45, 2.75) is 26.7 Å². The molecule has 0 unspecified atom stereocenters. The Bertz CT molecular complexity index is 494. The summed E-state index contributed by atoms with van der Waals surface area (Å²) in [5.41, 5.74) is 1.58. The number of rotatable bonds is 3. The van der Waals surface area contributed by atoms with Crippen molar-refractivity contribution in [2.24, 2.45) is 5.92 Å². The molecule has 0 saturated carbocycles. The van der Waals surface area contributed by atoms with E-state index < -0.39 is 0 Å². The number of hydrogen-bond donors (Lipinski definition) is 0. The van der Waals surface area contributed by atoms with Gasteiger partial charge in [-0.3, -0.25) is 14.6 Å². The highest BCUT2D eigenvalue weighted by Gasteiger charge is 2.28. The number of carbonyl (C=O) groups is 2. The van der Waals surface area contributed by atoms with Crippen molar-refractivity contribution < 1.29 is 14.3 Å². The van der Waals surface area contributed by atoms with Crippen LogP contribution in [0.15, 0.2) is 18.5 Å². The topological polar surface area (TPSA) is 59.5 Å². The zero-order valence-corrected chi connectivity index (χ0v) is 12.0. The fourth-order valence-corrected chi connectivity index (χ4v) is 2.43. The van der Waals surface area contributed by atoms with Crippen molar-refractivity contribution in [1.29, 1.82) is 0 Å². The lowest BCUT2D eigenvalue weighted by Crippen LogP contribution is -2.40. The molecule has 1 aromatic rings. The number of pyridine rings is 1. The highest BCUT2D eigenvalue weighted by atomic mass is 16.5. The molecule has 1 aromatic heterocycles. The number of ether oxygens (including phenoxy) is 1. The van der Waals surface area contributed by atoms with Gasteiger partial charge >= 0.3 is 5.97 Å². The van der Waals surface area contributed by atoms with Gasteiger partial charge in [0.2, 0.25) is 0 Å². The Hall–Kier alpha value is -1.91. The number of piperidine rings is 1. The zero-order valence-electron chi connectivity index (χ0n) is 12.0.